The van der Waals surface area contributed by atoms with Crippen molar-refractivity contribution < 1.29 is 9.53 Å². The highest BCUT2D eigenvalue weighted by atomic mass is 16.5. The molecule has 0 saturated heterocycles. The van der Waals surface area contributed by atoms with Crippen molar-refractivity contribution in [2.75, 3.05) is 35.8 Å². The number of methoxy groups -OCH3 is 1. The second-order valence-corrected chi connectivity index (χ2v) is 7.39. The molecule has 1 aromatic heterocycles. The van der Waals surface area contributed by atoms with E-state index in [2.05, 4.69) is 33.5 Å². The van der Waals surface area contributed by atoms with Crippen LogP contribution in [0, 0.1) is 0 Å². The minimum absolute atomic E-state index is 0.331. The maximum Gasteiger partial charge on any atom is 0.323 e. The van der Waals surface area contributed by atoms with Crippen LogP contribution >= 0.6 is 0 Å². The molecule has 4 aromatic rings. The minimum atomic E-state index is -0.331. The molecule has 0 saturated carbocycles. The van der Waals surface area contributed by atoms with Gasteiger partial charge in [0.2, 0.25) is 0 Å². The summed E-state index contributed by atoms with van der Waals surface area (Å²) in [7, 11) is 3.59. The maximum absolute atomic E-state index is 12.5. The Morgan fingerprint density at radius 1 is 1.00 bits per heavy atom. The fourth-order valence-electron chi connectivity index (χ4n) is 3.99. The summed E-state index contributed by atoms with van der Waals surface area (Å²) in [6.45, 7) is 2.90. The SMILES string of the molecule is CCn1c(-c2cccc(NC(=O)Nc3cccc(N)c3)c2)c(NC)c2ccc(OC)cc21. The van der Waals surface area contributed by atoms with E-state index in [-0.39, 0.29) is 6.03 Å². The number of nitrogen functional groups attached to an aromatic ring is 1. The number of urea groups is 1. The van der Waals surface area contributed by atoms with Crippen molar-refractivity contribution >= 4 is 39.7 Å². The van der Waals surface area contributed by atoms with Crippen LogP contribution in [0.4, 0.5) is 27.5 Å². The topological polar surface area (TPSA) is 93.3 Å². The summed E-state index contributed by atoms with van der Waals surface area (Å²) >= 11 is 0. The fourth-order valence-corrected chi connectivity index (χ4v) is 3.99. The van der Waals surface area contributed by atoms with Gasteiger partial charge in [-0.2, -0.15) is 0 Å². The number of anilines is 4. The largest absolute Gasteiger partial charge is 0.497 e. The van der Waals surface area contributed by atoms with Crippen LogP contribution in [0.25, 0.3) is 22.2 Å². The molecule has 3 aromatic carbocycles. The van der Waals surface area contributed by atoms with Crippen molar-refractivity contribution in [2.24, 2.45) is 0 Å². The lowest BCUT2D eigenvalue weighted by Crippen LogP contribution is -2.19. The molecule has 0 atom stereocenters. The molecule has 2 amide bonds. The monoisotopic (exact) mass is 429 g/mol. The van der Waals surface area contributed by atoms with Gasteiger partial charge in [0.15, 0.2) is 0 Å². The van der Waals surface area contributed by atoms with E-state index in [1.165, 1.54) is 0 Å². The van der Waals surface area contributed by atoms with Crippen LogP contribution < -0.4 is 26.4 Å². The zero-order chi connectivity index (χ0) is 22.7. The van der Waals surface area contributed by atoms with Crippen molar-refractivity contribution in [3.63, 3.8) is 0 Å². The molecule has 164 valence electrons. The number of aromatic nitrogens is 1. The zero-order valence-corrected chi connectivity index (χ0v) is 18.4. The summed E-state index contributed by atoms with van der Waals surface area (Å²) in [6, 6.07) is 20.6. The lowest BCUT2D eigenvalue weighted by Gasteiger charge is -2.13. The van der Waals surface area contributed by atoms with E-state index < -0.39 is 0 Å². The molecule has 1 heterocycles. The molecule has 0 unspecified atom stereocenters. The molecule has 0 spiro atoms. The molecular formula is C25H27N5O2. The predicted octanol–water partition coefficient (Wildman–Crippen LogP) is 5.60. The van der Waals surface area contributed by atoms with E-state index in [9.17, 15) is 4.79 Å². The smallest absolute Gasteiger partial charge is 0.323 e. The first-order chi connectivity index (χ1) is 15.5. The molecule has 4 rings (SSSR count). The first-order valence-corrected chi connectivity index (χ1v) is 10.5. The molecule has 0 bridgehead atoms. The van der Waals surface area contributed by atoms with Gasteiger partial charge < -0.3 is 31.0 Å². The Bertz CT molecular complexity index is 1280. The number of amides is 2. The van der Waals surface area contributed by atoms with E-state index in [0.29, 0.717) is 17.1 Å². The molecule has 7 nitrogen and oxygen atoms in total. The van der Waals surface area contributed by atoms with Crippen LogP contribution in [0.2, 0.25) is 0 Å². The van der Waals surface area contributed by atoms with Crippen LogP contribution in [0.15, 0.2) is 66.7 Å². The number of rotatable bonds is 6. The number of carbonyl (C=O) groups excluding carboxylic acids is 1. The first kappa shape index (κ1) is 21.1. The number of nitrogens with two attached hydrogens (primary N) is 1. The number of carbonyl (C=O) groups is 1. The van der Waals surface area contributed by atoms with Gasteiger partial charge in [-0.25, -0.2) is 4.79 Å². The highest BCUT2D eigenvalue weighted by Gasteiger charge is 2.18. The van der Waals surface area contributed by atoms with Gasteiger partial charge in [0.25, 0.3) is 0 Å². The van der Waals surface area contributed by atoms with Gasteiger partial charge in [-0.05, 0) is 49.4 Å². The molecular weight excluding hydrogens is 402 g/mol. The highest BCUT2D eigenvalue weighted by Crippen LogP contribution is 2.40. The van der Waals surface area contributed by atoms with Crippen LogP contribution in [-0.4, -0.2) is 24.8 Å². The second-order valence-electron chi connectivity index (χ2n) is 7.39. The average molecular weight is 430 g/mol. The summed E-state index contributed by atoms with van der Waals surface area (Å²) in [6.07, 6.45) is 0. The Balaban J connectivity index is 1.69. The summed E-state index contributed by atoms with van der Waals surface area (Å²) in [5.74, 6) is 0.813. The molecule has 32 heavy (non-hydrogen) atoms. The fraction of sp³-hybridized carbons (Fsp3) is 0.160. The molecule has 0 radical (unpaired) electrons. The Labute approximate surface area is 187 Å². The lowest BCUT2D eigenvalue weighted by molar-refractivity contribution is 0.262. The third-order valence-corrected chi connectivity index (χ3v) is 5.38. The number of aryl methyl sites for hydroxylation is 1. The molecule has 0 aliphatic carbocycles. The number of ether oxygens (including phenoxy) is 1. The zero-order valence-electron chi connectivity index (χ0n) is 18.4. The van der Waals surface area contributed by atoms with Crippen molar-refractivity contribution in [3.05, 3.63) is 66.7 Å². The number of nitrogens with one attached hydrogen (secondary N) is 3. The second kappa shape index (κ2) is 8.93. The Kier molecular flexibility index (Phi) is 5.89. The third-order valence-electron chi connectivity index (χ3n) is 5.38. The molecule has 0 fully saturated rings. The highest BCUT2D eigenvalue weighted by molar-refractivity contribution is 6.04. The summed E-state index contributed by atoms with van der Waals surface area (Å²) in [5, 5.41) is 10.2. The Morgan fingerprint density at radius 3 is 2.38 bits per heavy atom. The van der Waals surface area contributed by atoms with Gasteiger partial charge in [0.1, 0.15) is 5.75 Å². The van der Waals surface area contributed by atoms with Crippen LogP contribution in [0.3, 0.4) is 0 Å². The van der Waals surface area contributed by atoms with E-state index in [0.717, 1.165) is 40.1 Å². The molecule has 5 N–H and O–H groups in total. The van der Waals surface area contributed by atoms with Gasteiger partial charge >= 0.3 is 6.03 Å². The van der Waals surface area contributed by atoms with E-state index in [4.69, 9.17) is 10.5 Å². The summed E-state index contributed by atoms with van der Waals surface area (Å²) in [5.41, 5.74) is 11.9. The average Bonchev–Trinajstić information content (AvgIpc) is 3.11. The minimum Gasteiger partial charge on any atom is -0.497 e. The van der Waals surface area contributed by atoms with Gasteiger partial charge in [-0.15, -0.1) is 0 Å². The first-order valence-electron chi connectivity index (χ1n) is 10.5. The van der Waals surface area contributed by atoms with Gasteiger partial charge in [0, 0.05) is 47.7 Å². The summed E-state index contributed by atoms with van der Waals surface area (Å²) in [4.78, 5) is 12.5. The molecule has 0 aliphatic rings. The number of hydrogen-bond acceptors (Lipinski definition) is 4. The van der Waals surface area contributed by atoms with Gasteiger partial charge in [0.05, 0.1) is 24.0 Å². The summed E-state index contributed by atoms with van der Waals surface area (Å²) < 4.78 is 7.68. The third kappa shape index (κ3) is 4.05. The maximum atomic E-state index is 12.5. The lowest BCUT2D eigenvalue weighted by atomic mass is 10.1. The van der Waals surface area contributed by atoms with E-state index >= 15 is 0 Å². The van der Waals surface area contributed by atoms with Crippen molar-refractivity contribution in [3.8, 4) is 17.0 Å². The number of nitrogens with zero attached hydrogens (tertiary/aromatic N) is 1. The van der Waals surface area contributed by atoms with Gasteiger partial charge in [-0.1, -0.05) is 18.2 Å². The standard InChI is InChI=1S/C25H27N5O2/c1-4-30-22-15-20(32-3)11-12-21(22)23(27-2)24(30)16-7-5-9-18(13-16)28-25(31)29-19-10-6-8-17(26)14-19/h5-15,27H,4,26H2,1-3H3,(H2,28,29,31). The Hall–Kier alpha value is -4.13. The Morgan fingerprint density at radius 2 is 1.72 bits per heavy atom. The predicted molar refractivity (Wildman–Crippen MR) is 133 cm³/mol. The number of fused-ring (bicyclic) bond motifs is 1. The van der Waals surface area contributed by atoms with Crippen molar-refractivity contribution in [1.82, 2.24) is 4.57 Å². The van der Waals surface area contributed by atoms with Crippen molar-refractivity contribution in [2.45, 2.75) is 13.5 Å². The van der Waals surface area contributed by atoms with Gasteiger partial charge in [-0.3, -0.25) is 0 Å². The number of hydrogen-bond donors (Lipinski definition) is 4. The number of benzene rings is 3. The van der Waals surface area contributed by atoms with Crippen LogP contribution in [0.1, 0.15) is 6.92 Å². The van der Waals surface area contributed by atoms with E-state index in [1.54, 1.807) is 31.4 Å². The van der Waals surface area contributed by atoms with Crippen LogP contribution in [0.5, 0.6) is 5.75 Å². The normalized spacial score (nSPS) is 10.7. The van der Waals surface area contributed by atoms with Crippen molar-refractivity contribution in [1.29, 1.82) is 0 Å². The molecule has 7 heteroatoms. The van der Waals surface area contributed by atoms with E-state index in [1.807, 2.05) is 43.4 Å². The quantitative estimate of drug-likeness (QED) is 0.300. The molecule has 0 aliphatic heterocycles. The van der Waals surface area contributed by atoms with Crippen LogP contribution in [-0.2, 0) is 6.54 Å².